The van der Waals surface area contributed by atoms with Gasteiger partial charge < -0.3 is 4.90 Å². The molecule has 0 heterocycles. The van der Waals surface area contributed by atoms with Gasteiger partial charge in [-0.1, -0.05) is 133 Å². The van der Waals surface area contributed by atoms with Crippen molar-refractivity contribution in [2.24, 2.45) is 5.41 Å². The second-order valence-electron chi connectivity index (χ2n) is 16.5. The highest BCUT2D eigenvalue weighted by molar-refractivity contribution is 5.88. The molecule has 0 aromatic heterocycles. The SMILES string of the molecule is C/C=C1\C(=C/C)C(C)(c2ccc(N(c3ccc4c(c3)C(C)(C)c3ccccc3-4)c3ccc4c(c3)C(C)(C)c3ccccc3-4)cc2)CC1(C)C. The Balaban J connectivity index is 1.28. The van der Waals surface area contributed by atoms with E-state index in [9.17, 15) is 0 Å². The highest BCUT2D eigenvalue weighted by Crippen LogP contribution is 2.58. The van der Waals surface area contributed by atoms with Gasteiger partial charge in [-0.15, -0.1) is 0 Å². The van der Waals surface area contributed by atoms with Gasteiger partial charge in [0.05, 0.1) is 0 Å². The normalized spacial score (nSPS) is 22.1. The Morgan fingerprint density at radius 2 is 0.898 bits per heavy atom. The lowest BCUT2D eigenvalue weighted by Gasteiger charge is -2.31. The van der Waals surface area contributed by atoms with Gasteiger partial charge in [0.2, 0.25) is 0 Å². The molecule has 8 rings (SSSR count). The van der Waals surface area contributed by atoms with Crippen molar-refractivity contribution in [3.63, 3.8) is 0 Å². The van der Waals surface area contributed by atoms with Crippen molar-refractivity contribution in [1.82, 2.24) is 0 Å². The molecule has 3 aliphatic rings. The number of hydrogen-bond donors (Lipinski definition) is 0. The van der Waals surface area contributed by atoms with E-state index in [0.29, 0.717) is 0 Å². The zero-order chi connectivity index (χ0) is 34.5. The zero-order valence-corrected chi connectivity index (χ0v) is 30.7. The van der Waals surface area contributed by atoms with Crippen LogP contribution in [0, 0.1) is 5.41 Å². The van der Waals surface area contributed by atoms with E-state index in [4.69, 9.17) is 0 Å². The van der Waals surface area contributed by atoms with Crippen LogP contribution in [0.3, 0.4) is 0 Å². The number of nitrogens with zero attached hydrogens (tertiary/aromatic N) is 1. The van der Waals surface area contributed by atoms with Crippen molar-refractivity contribution >= 4 is 17.1 Å². The molecule has 1 saturated carbocycles. The molecule has 1 nitrogen and oxygen atoms in total. The first-order chi connectivity index (χ1) is 23.3. The summed E-state index contributed by atoms with van der Waals surface area (Å²) < 4.78 is 0. The fourth-order valence-corrected chi connectivity index (χ4v) is 10.1. The van der Waals surface area contributed by atoms with Gasteiger partial charge in [-0.2, -0.15) is 0 Å². The molecule has 0 saturated heterocycles. The summed E-state index contributed by atoms with van der Waals surface area (Å²) in [6.07, 6.45) is 5.78. The third-order valence-corrected chi connectivity index (χ3v) is 12.4. The molecule has 5 aromatic carbocycles. The Kier molecular flexibility index (Phi) is 6.90. The zero-order valence-electron chi connectivity index (χ0n) is 30.7. The molecule has 49 heavy (non-hydrogen) atoms. The van der Waals surface area contributed by atoms with Crippen LogP contribution in [-0.2, 0) is 16.2 Å². The van der Waals surface area contributed by atoms with Crippen LogP contribution in [0.2, 0.25) is 0 Å². The minimum atomic E-state index is -0.0731. The van der Waals surface area contributed by atoms with E-state index in [1.54, 1.807) is 0 Å². The number of anilines is 3. The number of hydrogen-bond acceptors (Lipinski definition) is 1. The smallest absolute Gasteiger partial charge is 0.0465 e. The third-order valence-electron chi connectivity index (χ3n) is 12.4. The van der Waals surface area contributed by atoms with E-state index >= 15 is 0 Å². The largest absolute Gasteiger partial charge is 0.310 e. The van der Waals surface area contributed by atoms with Crippen molar-refractivity contribution in [2.75, 3.05) is 4.90 Å². The summed E-state index contributed by atoms with van der Waals surface area (Å²) in [6, 6.07) is 41.6. The molecule has 5 aromatic rings. The Labute approximate surface area is 294 Å². The van der Waals surface area contributed by atoms with Crippen LogP contribution in [0.4, 0.5) is 17.1 Å². The molecule has 3 aliphatic carbocycles. The Morgan fingerprint density at radius 1 is 0.469 bits per heavy atom. The standard InChI is InChI=1S/C48H49N/c1-10-39-40(11-2)48(9,30-45(39,3)4)31-20-22-32(23-21-31)49(33-24-26-37-35-16-12-14-18-41(35)46(5,6)43(37)28-33)34-25-27-38-36-17-13-15-19-42(36)47(7,8)44(38)29-34/h10-29H,30H2,1-9H3/b39-10+,40-11+. The van der Waals surface area contributed by atoms with Crippen molar-refractivity contribution in [3.8, 4) is 22.3 Å². The van der Waals surface area contributed by atoms with Crippen molar-refractivity contribution in [1.29, 1.82) is 0 Å². The van der Waals surface area contributed by atoms with Gasteiger partial charge in [0.15, 0.2) is 0 Å². The van der Waals surface area contributed by atoms with Crippen LogP contribution in [0.25, 0.3) is 22.3 Å². The van der Waals surface area contributed by atoms with E-state index in [0.717, 1.165) is 6.42 Å². The van der Waals surface area contributed by atoms with Crippen LogP contribution in [0.1, 0.15) is 96.6 Å². The maximum atomic E-state index is 2.48. The minimum Gasteiger partial charge on any atom is -0.310 e. The summed E-state index contributed by atoms with van der Waals surface area (Å²) in [5.41, 5.74) is 18.8. The molecular weight excluding hydrogens is 591 g/mol. The van der Waals surface area contributed by atoms with Crippen molar-refractivity contribution < 1.29 is 0 Å². The molecule has 1 atom stereocenters. The average Bonchev–Trinajstić information content (AvgIpc) is 3.56. The molecule has 0 aliphatic heterocycles. The summed E-state index contributed by atoms with van der Waals surface area (Å²) in [6.45, 7) is 21.1. The minimum absolute atomic E-state index is 0.0316. The van der Waals surface area contributed by atoms with E-state index in [-0.39, 0.29) is 21.7 Å². The van der Waals surface area contributed by atoms with Crippen molar-refractivity contribution in [3.05, 3.63) is 160 Å². The predicted octanol–water partition coefficient (Wildman–Crippen LogP) is 13.3. The van der Waals surface area contributed by atoms with Gasteiger partial charge in [-0.05, 0) is 123 Å². The highest BCUT2D eigenvalue weighted by atomic mass is 15.1. The van der Waals surface area contributed by atoms with E-state index in [1.165, 1.54) is 78.3 Å². The molecular formula is C48H49N. The van der Waals surface area contributed by atoms with Crippen LogP contribution in [-0.4, -0.2) is 0 Å². The number of benzene rings is 5. The fourth-order valence-electron chi connectivity index (χ4n) is 10.1. The van der Waals surface area contributed by atoms with E-state index in [1.807, 2.05) is 0 Å². The summed E-state index contributed by atoms with van der Waals surface area (Å²) >= 11 is 0. The first-order valence-electron chi connectivity index (χ1n) is 18.1. The maximum absolute atomic E-state index is 2.48. The molecule has 0 amide bonds. The summed E-state index contributed by atoms with van der Waals surface area (Å²) in [5.74, 6) is 0. The lowest BCUT2D eigenvalue weighted by Crippen LogP contribution is -2.22. The van der Waals surface area contributed by atoms with Gasteiger partial charge in [-0.25, -0.2) is 0 Å². The van der Waals surface area contributed by atoms with Gasteiger partial charge in [-0.3, -0.25) is 0 Å². The summed E-state index contributed by atoms with van der Waals surface area (Å²) in [5, 5.41) is 0. The highest BCUT2D eigenvalue weighted by Gasteiger charge is 2.47. The number of rotatable bonds is 4. The summed E-state index contributed by atoms with van der Waals surface area (Å²) in [7, 11) is 0. The Morgan fingerprint density at radius 3 is 1.37 bits per heavy atom. The van der Waals surface area contributed by atoms with Gasteiger partial charge in [0, 0.05) is 33.3 Å². The lowest BCUT2D eigenvalue weighted by atomic mass is 9.75. The van der Waals surface area contributed by atoms with Gasteiger partial charge in [0.1, 0.15) is 0 Å². The van der Waals surface area contributed by atoms with Crippen LogP contribution < -0.4 is 4.90 Å². The second-order valence-corrected chi connectivity index (χ2v) is 16.5. The van der Waals surface area contributed by atoms with Crippen LogP contribution in [0.15, 0.2) is 132 Å². The van der Waals surface area contributed by atoms with E-state index in [2.05, 4.69) is 189 Å². The Bertz CT molecular complexity index is 2100. The van der Waals surface area contributed by atoms with Gasteiger partial charge >= 0.3 is 0 Å². The third kappa shape index (κ3) is 4.44. The molecule has 0 N–H and O–H groups in total. The molecule has 246 valence electrons. The summed E-state index contributed by atoms with van der Waals surface area (Å²) in [4.78, 5) is 2.48. The lowest BCUT2D eigenvalue weighted by molar-refractivity contribution is 0.388. The first kappa shape index (κ1) is 31.6. The molecule has 1 unspecified atom stereocenters. The fraction of sp³-hybridized carbons (Fsp3) is 0.292. The molecule has 0 radical (unpaired) electrons. The van der Waals surface area contributed by atoms with Gasteiger partial charge in [0.25, 0.3) is 0 Å². The average molecular weight is 640 g/mol. The maximum Gasteiger partial charge on any atom is 0.0465 e. The quantitative estimate of drug-likeness (QED) is 0.189. The predicted molar refractivity (Wildman–Crippen MR) is 210 cm³/mol. The second kappa shape index (κ2) is 10.7. The first-order valence-corrected chi connectivity index (χ1v) is 18.1. The Hall–Kier alpha value is -4.62. The van der Waals surface area contributed by atoms with Crippen molar-refractivity contribution in [2.45, 2.75) is 85.0 Å². The molecule has 1 heteroatoms. The molecule has 0 spiro atoms. The van der Waals surface area contributed by atoms with Crippen LogP contribution in [0.5, 0.6) is 0 Å². The molecule has 0 bridgehead atoms. The topological polar surface area (TPSA) is 3.24 Å². The van der Waals surface area contributed by atoms with Crippen LogP contribution >= 0.6 is 0 Å². The molecule has 1 fully saturated rings. The monoisotopic (exact) mass is 639 g/mol. The number of allylic oxidation sites excluding steroid dienone is 4. The number of fused-ring (bicyclic) bond motifs is 6. The van der Waals surface area contributed by atoms with E-state index < -0.39 is 0 Å².